The maximum Gasteiger partial charge on any atom is 0.224 e. The average Bonchev–Trinajstić information content (AvgIpc) is 2.47. The number of carbonyl (C=O) groups is 1. The van der Waals surface area contributed by atoms with E-state index in [1.165, 1.54) is 0 Å². The van der Waals surface area contributed by atoms with Crippen molar-refractivity contribution in [3.8, 4) is 0 Å². The predicted molar refractivity (Wildman–Crippen MR) is 49.7 cm³/mol. The number of rotatable bonds is 2. The van der Waals surface area contributed by atoms with Crippen molar-refractivity contribution in [2.45, 2.75) is 18.6 Å². The Morgan fingerprint density at radius 3 is 2.93 bits per heavy atom. The molecular weight excluding hydrogens is 184 g/mol. The van der Waals surface area contributed by atoms with E-state index in [1.807, 2.05) is 0 Å². The Hall–Kier alpha value is -0.650. The first-order chi connectivity index (χ1) is 6.75. The van der Waals surface area contributed by atoms with E-state index in [-0.39, 0.29) is 18.1 Å². The second-order valence-corrected chi connectivity index (χ2v) is 3.83. The molecule has 0 bridgehead atoms. The molecule has 2 N–H and O–H groups in total. The molecular formula is C9H16N2O3. The van der Waals surface area contributed by atoms with Gasteiger partial charge in [0.15, 0.2) is 0 Å². The normalized spacial score (nSPS) is 33.8. The Balaban J connectivity index is 1.81. The SMILES string of the molecule is NC1CC(=O)N(CC2COCCO2)C1. The van der Waals surface area contributed by atoms with Crippen molar-refractivity contribution < 1.29 is 14.3 Å². The van der Waals surface area contributed by atoms with Gasteiger partial charge in [-0.15, -0.1) is 0 Å². The molecule has 2 saturated heterocycles. The summed E-state index contributed by atoms with van der Waals surface area (Å²) in [6.07, 6.45) is 0.492. The first kappa shape index (κ1) is 9.89. The summed E-state index contributed by atoms with van der Waals surface area (Å²) >= 11 is 0. The van der Waals surface area contributed by atoms with Gasteiger partial charge in [-0.3, -0.25) is 4.79 Å². The van der Waals surface area contributed by atoms with Crippen LogP contribution in [0.3, 0.4) is 0 Å². The molecule has 5 heteroatoms. The lowest BCUT2D eigenvalue weighted by molar-refractivity contribution is -0.134. The van der Waals surface area contributed by atoms with Crippen LogP contribution in [0.1, 0.15) is 6.42 Å². The second kappa shape index (κ2) is 4.25. The topological polar surface area (TPSA) is 64.8 Å². The van der Waals surface area contributed by atoms with Gasteiger partial charge in [0, 0.05) is 25.6 Å². The third kappa shape index (κ3) is 2.23. The molecule has 2 atom stereocenters. The highest BCUT2D eigenvalue weighted by Gasteiger charge is 2.29. The molecule has 2 aliphatic rings. The number of carbonyl (C=O) groups excluding carboxylic acids is 1. The molecule has 0 radical (unpaired) electrons. The lowest BCUT2D eigenvalue weighted by Crippen LogP contribution is -2.41. The van der Waals surface area contributed by atoms with Crippen molar-refractivity contribution in [3.05, 3.63) is 0 Å². The molecule has 0 aliphatic carbocycles. The van der Waals surface area contributed by atoms with E-state index in [0.717, 1.165) is 0 Å². The van der Waals surface area contributed by atoms with Gasteiger partial charge < -0.3 is 20.1 Å². The maximum atomic E-state index is 11.4. The number of hydrogen-bond donors (Lipinski definition) is 1. The van der Waals surface area contributed by atoms with Gasteiger partial charge >= 0.3 is 0 Å². The fourth-order valence-corrected chi connectivity index (χ4v) is 1.87. The summed E-state index contributed by atoms with van der Waals surface area (Å²) in [7, 11) is 0. The van der Waals surface area contributed by atoms with Crippen LogP contribution in [0.5, 0.6) is 0 Å². The average molecular weight is 200 g/mol. The van der Waals surface area contributed by atoms with Crippen LogP contribution in [0.4, 0.5) is 0 Å². The molecule has 14 heavy (non-hydrogen) atoms. The van der Waals surface area contributed by atoms with E-state index < -0.39 is 0 Å². The van der Waals surface area contributed by atoms with Crippen LogP contribution in [0.15, 0.2) is 0 Å². The number of nitrogens with zero attached hydrogens (tertiary/aromatic N) is 1. The number of ether oxygens (including phenoxy) is 2. The van der Waals surface area contributed by atoms with Crippen molar-refractivity contribution in [2.75, 3.05) is 32.9 Å². The fraction of sp³-hybridized carbons (Fsp3) is 0.889. The van der Waals surface area contributed by atoms with Crippen molar-refractivity contribution >= 4 is 5.91 Å². The van der Waals surface area contributed by atoms with Crippen molar-refractivity contribution in [1.82, 2.24) is 4.90 Å². The molecule has 0 spiro atoms. The Labute approximate surface area is 83.1 Å². The molecule has 2 unspecified atom stereocenters. The Kier molecular flexibility index (Phi) is 3.00. The molecule has 0 aromatic carbocycles. The summed E-state index contributed by atoms with van der Waals surface area (Å²) in [5.41, 5.74) is 5.69. The third-order valence-corrected chi connectivity index (χ3v) is 2.55. The van der Waals surface area contributed by atoms with E-state index in [4.69, 9.17) is 15.2 Å². The lowest BCUT2D eigenvalue weighted by atomic mass is 10.3. The van der Waals surface area contributed by atoms with Crippen LogP contribution in [-0.4, -0.2) is 55.9 Å². The Morgan fingerprint density at radius 2 is 2.36 bits per heavy atom. The zero-order valence-corrected chi connectivity index (χ0v) is 8.15. The standard InChI is InChI=1S/C9H16N2O3/c10-7-3-9(12)11(4-7)5-8-6-13-1-2-14-8/h7-8H,1-6,10H2. The number of nitrogens with two attached hydrogens (primary N) is 1. The van der Waals surface area contributed by atoms with Gasteiger partial charge in [0.2, 0.25) is 5.91 Å². The van der Waals surface area contributed by atoms with E-state index >= 15 is 0 Å². The zero-order chi connectivity index (χ0) is 9.97. The molecule has 0 saturated carbocycles. The maximum absolute atomic E-state index is 11.4. The van der Waals surface area contributed by atoms with Crippen LogP contribution < -0.4 is 5.73 Å². The molecule has 2 fully saturated rings. The minimum Gasteiger partial charge on any atom is -0.376 e. The van der Waals surface area contributed by atoms with Crippen LogP contribution in [0, 0.1) is 0 Å². The van der Waals surface area contributed by atoms with Crippen LogP contribution in [0.2, 0.25) is 0 Å². The van der Waals surface area contributed by atoms with Gasteiger partial charge in [-0.1, -0.05) is 0 Å². The molecule has 0 aromatic heterocycles. The van der Waals surface area contributed by atoms with Gasteiger partial charge in [-0.25, -0.2) is 0 Å². The molecule has 2 heterocycles. The minimum absolute atomic E-state index is 0.00740. The van der Waals surface area contributed by atoms with Gasteiger partial charge in [-0.05, 0) is 0 Å². The highest BCUT2D eigenvalue weighted by atomic mass is 16.6. The summed E-state index contributed by atoms with van der Waals surface area (Å²) in [4.78, 5) is 13.2. The van der Waals surface area contributed by atoms with Crippen LogP contribution in [-0.2, 0) is 14.3 Å². The first-order valence-electron chi connectivity index (χ1n) is 4.98. The largest absolute Gasteiger partial charge is 0.376 e. The second-order valence-electron chi connectivity index (χ2n) is 3.83. The predicted octanol–water partition coefficient (Wildman–Crippen LogP) is -1.04. The summed E-state index contributed by atoms with van der Waals surface area (Å²) in [6, 6.07) is -0.00740. The van der Waals surface area contributed by atoms with Crippen molar-refractivity contribution in [1.29, 1.82) is 0 Å². The highest BCUT2D eigenvalue weighted by Crippen LogP contribution is 2.11. The van der Waals surface area contributed by atoms with Crippen LogP contribution >= 0.6 is 0 Å². The van der Waals surface area contributed by atoms with Gasteiger partial charge in [0.05, 0.1) is 25.9 Å². The molecule has 2 rings (SSSR count). The number of amides is 1. The van der Waals surface area contributed by atoms with E-state index in [9.17, 15) is 4.79 Å². The quantitative estimate of drug-likeness (QED) is 0.618. The summed E-state index contributed by atoms with van der Waals surface area (Å²) in [5.74, 6) is 0.131. The molecule has 2 aliphatic heterocycles. The van der Waals surface area contributed by atoms with Gasteiger partial charge in [-0.2, -0.15) is 0 Å². The highest BCUT2D eigenvalue weighted by molar-refractivity contribution is 5.79. The van der Waals surface area contributed by atoms with E-state index in [0.29, 0.717) is 39.3 Å². The summed E-state index contributed by atoms with van der Waals surface area (Å²) < 4.78 is 10.7. The smallest absolute Gasteiger partial charge is 0.224 e. The van der Waals surface area contributed by atoms with E-state index in [1.54, 1.807) is 4.90 Å². The molecule has 80 valence electrons. The monoisotopic (exact) mass is 200 g/mol. The molecule has 5 nitrogen and oxygen atoms in total. The third-order valence-electron chi connectivity index (χ3n) is 2.55. The zero-order valence-electron chi connectivity index (χ0n) is 8.15. The fourth-order valence-electron chi connectivity index (χ4n) is 1.87. The first-order valence-corrected chi connectivity index (χ1v) is 4.98. The van der Waals surface area contributed by atoms with Crippen molar-refractivity contribution in [2.24, 2.45) is 5.73 Å². The van der Waals surface area contributed by atoms with Crippen molar-refractivity contribution in [3.63, 3.8) is 0 Å². The van der Waals surface area contributed by atoms with Gasteiger partial charge in [0.1, 0.15) is 0 Å². The number of hydrogen-bond acceptors (Lipinski definition) is 4. The molecule has 1 amide bonds. The molecule has 0 aromatic rings. The summed E-state index contributed by atoms with van der Waals surface area (Å²) in [6.45, 7) is 3.13. The van der Waals surface area contributed by atoms with Crippen LogP contribution in [0.25, 0.3) is 0 Å². The lowest BCUT2D eigenvalue weighted by Gasteiger charge is -2.27. The Morgan fingerprint density at radius 1 is 1.50 bits per heavy atom. The van der Waals surface area contributed by atoms with Gasteiger partial charge in [0.25, 0.3) is 0 Å². The summed E-state index contributed by atoms with van der Waals surface area (Å²) in [5, 5.41) is 0. The van der Waals surface area contributed by atoms with E-state index in [2.05, 4.69) is 0 Å². The number of likely N-dealkylation sites (tertiary alicyclic amines) is 1. The minimum atomic E-state index is -0.00740. The Bertz CT molecular complexity index is 216.